The summed E-state index contributed by atoms with van der Waals surface area (Å²) in [5.74, 6) is 0.310. The number of carbonyl (C=O) groups is 1. The number of amides is 1. The zero-order chi connectivity index (χ0) is 23.7. The van der Waals surface area contributed by atoms with Gasteiger partial charge in [-0.1, -0.05) is 48.0 Å². The molecule has 2 aromatic heterocycles. The third kappa shape index (κ3) is 4.14. The average Bonchev–Trinajstić information content (AvgIpc) is 3.27. The van der Waals surface area contributed by atoms with Crippen molar-refractivity contribution in [1.29, 1.82) is 0 Å². The number of halogens is 1. The van der Waals surface area contributed by atoms with Gasteiger partial charge in [-0.25, -0.2) is 4.98 Å². The smallest absolute Gasteiger partial charge is 0.248 e. The molecule has 1 N–H and O–H groups in total. The highest BCUT2D eigenvalue weighted by molar-refractivity contribution is 6.32. The Hall–Kier alpha value is -4.09. The van der Waals surface area contributed by atoms with E-state index in [9.17, 15) is 4.79 Å². The van der Waals surface area contributed by atoms with E-state index in [2.05, 4.69) is 40.6 Å². The van der Waals surface area contributed by atoms with Gasteiger partial charge in [-0.3, -0.25) is 4.79 Å². The highest BCUT2D eigenvalue weighted by atomic mass is 35.5. The maximum atomic E-state index is 12.6. The summed E-state index contributed by atoms with van der Waals surface area (Å²) < 4.78 is 11.5. The highest BCUT2D eigenvalue weighted by Gasteiger charge is 2.15. The molecule has 5 aromatic rings. The number of nitrogens with one attached hydrogen (secondary N) is 1. The fourth-order valence-corrected chi connectivity index (χ4v) is 4.20. The summed E-state index contributed by atoms with van der Waals surface area (Å²) in [4.78, 5) is 16.6. The van der Waals surface area contributed by atoms with E-state index < -0.39 is 0 Å². The summed E-state index contributed by atoms with van der Waals surface area (Å²) in [6.45, 7) is 1.86. The summed E-state index contributed by atoms with van der Waals surface area (Å²) >= 11 is 6.06. The Bertz CT molecular complexity index is 1570. The van der Waals surface area contributed by atoms with Crippen LogP contribution in [0.15, 0.2) is 89.7 Å². The molecular formula is C28H21ClN2O3. The molecule has 0 unspecified atom stereocenters. The van der Waals surface area contributed by atoms with E-state index in [1.807, 2.05) is 31.2 Å². The van der Waals surface area contributed by atoms with Crippen LogP contribution in [0.4, 0.5) is 5.69 Å². The molecule has 0 radical (unpaired) electrons. The summed E-state index contributed by atoms with van der Waals surface area (Å²) in [5, 5.41) is 6.28. The van der Waals surface area contributed by atoms with Gasteiger partial charge >= 0.3 is 0 Å². The number of aromatic nitrogens is 1. The van der Waals surface area contributed by atoms with Crippen LogP contribution >= 0.6 is 11.6 Å². The molecule has 0 saturated heterocycles. The van der Waals surface area contributed by atoms with Crippen LogP contribution < -0.4 is 10.1 Å². The number of anilines is 1. The fourth-order valence-electron chi connectivity index (χ4n) is 4.03. The lowest BCUT2D eigenvalue weighted by atomic mass is 9.97. The third-order valence-corrected chi connectivity index (χ3v) is 6.05. The largest absolute Gasteiger partial charge is 0.496 e. The van der Waals surface area contributed by atoms with Gasteiger partial charge in [0.1, 0.15) is 11.3 Å². The van der Waals surface area contributed by atoms with Gasteiger partial charge in [0.2, 0.25) is 5.91 Å². The lowest BCUT2D eigenvalue weighted by Crippen LogP contribution is -2.09. The van der Waals surface area contributed by atoms with Crippen LogP contribution in [-0.2, 0) is 4.79 Å². The molecule has 5 rings (SSSR count). The predicted octanol–water partition coefficient (Wildman–Crippen LogP) is 7.35. The molecule has 0 aliphatic carbocycles. The second-order valence-corrected chi connectivity index (χ2v) is 8.28. The van der Waals surface area contributed by atoms with Crippen molar-refractivity contribution < 1.29 is 13.9 Å². The molecular weight excluding hydrogens is 448 g/mol. The molecule has 1 amide bonds. The Labute approximate surface area is 201 Å². The Balaban J connectivity index is 1.54. The number of ether oxygens (including phenoxy) is 1. The first-order valence-corrected chi connectivity index (χ1v) is 11.1. The van der Waals surface area contributed by atoms with Crippen LogP contribution in [0.3, 0.4) is 0 Å². The predicted molar refractivity (Wildman–Crippen MR) is 137 cm³/mol. The minimum atomic E-state index is -0.309. The number of rotatable bonds is 5. The number of allylic oxidation sites excluding steroid dienone is 1. The van der Waals surface area contributed by atoms with Crippen molar-refractivity contribution in [3.63, 3.8) is 0 Å². The number of methoxy groups -OCH3 is 1. The molecule has 2 heterocycles. The van der Waals surface area contributed by atoms with Crippen LogP contribution in [0.25, 0.3) is 38.4 Å². The van der Waals surface area contributed by atoms with Crippen LogP contribution in [0.5, 0.6) is 5.75 Å². The third-order valence-electron chi connectivity index (χ3n) is 5.75. The zero-order valence-electron chi connectivity index (χ0n) is 18.6. The molecule has 0 saturated carbocycles. The Kier molecular flexibility index (Phi) is 5.78. The summed E-state index contributed by atoms with van der Waals surface area (Å²) in [5.41, 5.74) is 4.73. The molecule has 6 heteroatoms. The number of benzene rings is 3. The van der Waals surface area contributed by atoms with E-state index in [1.54, 1.807) is 31.7 Å². The first kappa shape index (κ1) is 21.7. The monoisotopic (exact) mass is 468 g/mol. The van der Waals surface area contributed by atoms with Gasteiger partial charge in [0.05, 0.1) is 19.1 Å². The van der Waals surface area contributed by atoms with Crippen molar-refractivity contribution in [2.24, 2.45) is 0 Å². The summed E-state index contributed by atoms with van der Waals surface area (Å²) in [6, 6.07) is 21.8. The van der Waals surface area contributed by atoms with Crippen molar-refractivity contribution in [2.75, 3.05) is 12.4 Å². The topological polar surface area (TPSA) is 64.4 Å². The van der Waals surface area contributed by atoms with E-state index in [4.69, 9.17) is 20.8 Å². The molecule has 5 nitrogen and oxygen atoms in total. The Morgan fingerprint density at radius 2 is 1.88 bits per heavy atom. The van der Waals surface area contributed by atoms with Crippen molar-refractivity contribution in [3.8, 4) is 16.9 Å². The van der Waals surface area contributed by atoms with Gasteiger partial charge in [-0.05, 0) is 53.1 Å². The normalized spacial score (nSPS) is 11.7. The molecule has 0 aliphatic rings. The van der Waals surface area contributed by atoms with Gasteiger partial charge in [0.15, 0.2) is 5.15 Å². The number of fused-ring (bicyclic) bond motifs is 2. The first-order valence-electron chi connectivity index (χ1n) is 10.7. The van der Waals surface area contributed by atoms with Crippen LogP contribution in [0, 0.1) is 0 Å². The van der Waals surface area contributed by atoms with Crippen LogP contribution in [0.2, 0.25) is 5.15 Å². The maximum Gasteiger partial charge on any atom is 0.248 e. The molecule has 0 aliphatic heterocycles. The number of hydrogen-bond acceptors (Lipinski definition) is 4. The number of carbonyl (C=O) groups excluding carboxylic acids is 1. The van der Waals surface area contributed by atoms with Crippen LogP contribution in [0.1, 0.15) is 12.5 Å². The van der Waals surface area contributed by atoms with Crippen molar-refractivity contribution in [2.45, 2.75) is 6.92 Å². The summed E-state index contributed by atoms with van der Waals surface area (Å²) in [6.07, 6.45) is 4.84. The minimum Gasteiger partial charge on any atom is -0.496 e. The SMILES string of the molecule is COc1cc2occ(-c3ccc4ccccc4c3)c2cc1/C(C)=C/C(=O)Nc1cccnc1Cl. The molecule has 0 bridgehead atoms. The van der Waals surface area contributed by atoms with Crippen LogP contribution in [-0.4, -0.2) is 18.0 Å². The van der Waals surface area contributed by atoms with Gasteiger partial charge in [0.25, 0.3) is 0 Å². The quantitative estimate of drug-likeness (QED) is 0.216. The lowest BCUT2D eigenvalue weighted by molar-refractivity contribution is -0.111. The fraction of sp³-hybridized carbons (Fsp3) is 0.0714. The highest BCUT2D eigenvalue weighted by Crippen LogP contribution is 2.38. The second-order valence-electron chi connectivity index (χ2n) is 7.92. The summed E-state index contributed by atoms with van der Waals surface area (Å²) in [7, 11) is 1.60. The zero-order valence-corrected chi connectivity index (χ0v) is 19.4. The Morgan fingerprint density at radius 3 is 2.68 bits per heavy atom. The van der Waals surface area contributed by atoms with Gasteiger partial charge < -0.3 is 14.5 Å². The number of hydrogen-bond donors (Lipinski definition) is 1. The maximum absolute atomic E-state index is 12.6. The molecule has 0 spiro atoms. The number of furan rings is 1. The standard InChI is InChI=1S/C28H21ClN2O3/c1-17(12-27(32)31-24-8-5-11-30-28(24)29)21-14-22-23(16-34-26(22)15-25(21)33-2)20-10-9-18-6-3-4-7-19(18)13-20/h3-16H,1-2H3,(H,31,32)/b17-12+. The number of pyridine rings is 1. The van der Waals surface area contributed by atoms with Crippen molar-refractivity contribution in [1.82, 2.24) is 4.98 Å². The van der Waals surface area contributed by atoms with Gasteiger partial charge in [0, 0.05) is 34.9 Å². The van der Waals surface area contributed by atoms with Gasteiger partial charge in [-0.15, -0.1) is 0 Å². The Morgan fingerprint density at radius 1 is 1.06 bits per heavy atom. The van der Waals surface area contributed by atoms with E-state index in [0.717, 1.165) is 33.0 Å². The lowest BCUT2D eigenvalue weighted by Gasteiger charge is -2.10. The van der Waals surface area contributed by atoms with Crippen molar-refractivity contribution >= 4 is 50.5 Å². The first-order chi connectivity index (χ1) is 16.5. The average molecular weight is 469 g/mol. The van der Waals surface area contributed by atoms with Crippen molar-refractivity contribution in [3.05, 3.63) is 96.0 Å². The van der Waals surface area contributed by atoms with Gasteiger partial charge in [-0.2, -0.15) is 0 Å². The van der Waals surface area contributed by atoms with E-state index in [1.165, 1.54) is 11.5 Å². The van der Waals surface area contributed by atoms with E-state index in [-0.39, 0.29) is 11.1 Å². The minimum absolute atomic E-state index is 0.235. The molecule has 3 aromatic carbocycles. The molecule has 34 heavy (non-hydrogen) atoms. The molecule has 168 valence electrons. The molecule has 0 fully saturated rings. The molecule has 0 atom stereocenters. The second kappa shape index (κ2) is 9.04. The van der Waals surface area contributed by atoms with E-state index in [0.29, 0.717) is 17.0 Å². The van der Waals surface area contributed by atoms with E-state index >= 15 is 0 Å². The number of nitrogens with zero attached hydrogens (tertiary/aromatic N) is 1.